The van der Waals surface area contributed by atoms with Crippen LogP contribution in [0.2, 0.25) is 0 Å². The van der Waals surface area contributed by atoms with Gasteiger partial charge in [-0.15, -0.1) is 0 Å². The topological polar surface area (TPSA) is 64.2 Å². The number of anilines is 1. The van der Waals surface area contributed by atoms with Crippen molar-refractivity contribution < 1.29 is 13.6 Å². The Bertz CT molecular complexity index is 684. The van der Waals surface area contributed by atoms with Crippen molar-refractivity contribution in [2.75, 3.05) is 12.8 Å². The Kier molecular flexibility index (Phi) is 3.93. The summed E-state index contributed by atoms with van der Waals surface area (Å²) in [4.78, 5) is 13.6. The molecule has 0 spiro atoms. The third-order valence-corrected chi connectivity index (χ3v) is 3.37. The molecule has 0 bridgehead atoms. The minimum absolute atomic E-state index is 0.0867. The lowest BCUT2D eigenvalue weighted by molar-refractivity contribution is 0.0734. The van der Waals surface area contributed by atoms with Gasteiger partial charge in [-0.25, -0.2) is 8.78 Å². The highest BCUT2D eigenvalue weighted by Crippen LogP contribution is 2.25. The lowest BCUT2D eigenvalue weighted by atomic mass is 10.1. The van der Waals surface area contributed by atoms with E-state index in [9.17, 15) is 13.6 Å². The van der Waals surface area contributed by atoms with Crippen LogP contribution in [0.15, 0.2) is 24.4 Å². The van der Waals surface area contributed by atoms with Crippen molar-refractivity contribution in [2.24, 2.45) is 7.05 Å². The predicted octanol–water partition coefficient (Wildman–Crippen LogP) is 2.11. The van der Waals surface area contributed by atoms with E-state index in [1.807, 2.05) is 0 Å². The highest BCUT2D eigenvalue weighted by Gasteiger charge is 2.25. The number of carbonyl (C=O) groups is 1. The van der Waals surface area contributed by atoms with Crippen LogP contribution < -0.4 is 5.73 Å². The SMILES string of the molecule is CC(c1cc(F)ccc1F)N(C)C(=O)c1nn(C)cc1N. The fourth-order valence-corrected chi connectivity index (χ4v) is 2.06. The average molecular weight is 294 g/mol. The van der Waals surface area contributed by atoms with Gasteiger partial charge >= 0.3 is 0 Å². The molecule has 0 fully saturated rings. The fourth-order valence-electron chi connectivity index (χ4n) is 2.06. The summed E-state index contributed by atoms with van der Waals surface area (Å²) in [6.45, 7) is 1.61. The number of nitrogens with zero attached hydrogens (tertiary/aromatic N) is 3. The summed E-state index contributed by atoms with van der Waals surface area (Å²) in [6.07, 6.45) is 1.51. The monoisotopic (exact) mass is 294 g/mol. The molecule has 0 aliphatic rings. The van der Waals surface area contributed by atoms with E-state index in [2.05, 4.69) is 5.10 Å². The summed E-state index contributed by atoms with van der Waals surface area (Å²) >= 11 is 0. The van der Waals surface area contributed by atoms with Gasteiger partial charge in [0.15, 0.2) is 5.69 Å². The van der Waals surface area contributed by atoms with E-state index in [-0.39, 0.29) is 16.9 Å². The van der Waals surface area contributed by atoms with Crippen molar-refractivity contribution >= 4 is 11.6 Å². The van der Waals surface area contributed by atoms with Gasteiger partial charge in [-0.3, -0.25) is 9.48 Å². The molecule has 7 heteroatoms. The molecular formula is C14H16F2N4O. The van der Waals surface area contributed by atoms with Crippen LogP contribution in [-0.2, 0) is 7.05 Å². The van der Waals surface area contributed by atoms with Gasteiger partial charge in [0.1, 0.15) is 11.6 Å². The molecule has 1 aromatic heterocycles. The second-order valence-corrected chi connectivity index (χ2v) is 4.86. The number of rotatable bonds is 3. The van der Waals surface area contributed by atoms with Crippen LogP contribution in [0.5, 0.6) is 0 Å². The molecule has 112 valence electrons. The highest BCUT2D eigenvalue weighted by atomic mass is 19.1. The van der Waals surface area contributed by atoms with Crippen molar-refractivity contribution in [1.29, 1.82) is 0 Å². The number of hydrogen-bond donors (Lipinski definition) is 1. The van der Waals surface area contributed by atoms with Crippen molar-refractivity contribution in [2.45, 2.75) is 13.0 Å². The van der Waals surface area contributed by atoms with E-state index in [0.717, 1.165) is 18.2 Å². The maximum atomic E-state index is 13.8. The van der Waals surface area contributed by atoms with Crippen molar-refractivity contribution in [1.82, 2.24) is 14.7 Å². The Morgan fingerprint density at radius 1 is 1.43 bits per heavy atom. The molecule has 21 heavy (non-hydrogen) atoms. The van der Waals surface area contributed by atoms with Crippen LogP contribution in [0.1, 0.15) is 29.0 Å². The Hall–Kier alpha value is -2.44. The molecule has 1 atom stereocenters. The standard InChI is InChI=1S/C14H16F2N4O/c1-8(10-6-9(15)4-5-11(10)16)20(3)14(21)13-12(17)7-19(2)18-13/h4-8H,17H2,1-3H3. The molecule has 0 radical (unpaired) electrons. The zero-order chi connectivity index (χ0) is 15.7. The number of aromatic nitrogens is 2. The summed E-state index contributed by atoms with van der Waals surface area (Å²) < 4.78 is 28.5. The molecule has 2 N–H and O–H groups in total. The van der Waals surface area contributed by atoms with Crippen LogP contribution in [-0.4, -0.2) is 27.6 Å². The second-order valence-electron chi connectivity index (χ2n) is 4.86. The average Bonchev–Trinajstić information content (AvgIpc) is 2.78. The molecule has 0 saturated carbocycles. The predicted molar refractivity (Wildman–Crippen MR) is 74.5 cm³/mol. The van der Waals surface area contributed by atoms with Crippen LogP contribution in [0.3, 0.4) is 0 Å². The van der Waals surface area contributed by atoms with Gasteiger partial charge in [0, 0.05) is 25.9 Å². The summed E-state index contributed by atoms with van der Waals surface area (Å²) in [5, 5.41) is 3.98. The number of aryl methyl sites for hydroxylation is 1. The summed E-state index contributed by atoms with van der Waals surface area (Å²) in [6, 6.07) is 2.49. The number of nitrogen functional groups attached to an aromatic ring is 1. The lowest BCUT2D eigenvalue weighted by Crippen LogP contribution is -2.31. The minimum atomic E-state index is -0.658. The van der Waals surface area contributed by atoms with Crippen molar-refractivity contribution in [3.8, 4) is 0 Å². The Morgan fingerprint density at radius 2 is 2.10 bits per heavy atom. The minimum Gasteiger partial charge on any atom is -0.396 e. The first-order chi connectivity index (χ1) is 9.81. The highest BCUT2D eigenvalue weighted by molar-refractivity contribution is 5.97. The molecular weight excluding hydrogens is 278 g/mol. The number of hydrogen-bond acceptors (Lipinski definition) is 3. The molecule has 2 rings (SSSR count). The lowest BCUT2D eigenvalue weighted by Gasteiger charge is -2.25. The molecule has 0 saturated heterocycles. The van der Waals surface area contributed by atoms with Crippen molar-refractivity contribution in [3.63, 3.8) is 0 Å². The molecule has 0 aliphatic heterocycles. The summed E-state index contributed by atoms with van der Waals surface area (Å²) in [7, 11) is 3.13. The molecule has 0 aliphatic carbocycles. The van der Waals surface area contributed by atoms with E-state index in [0.29, 0.717) is 0 Å². The molecule has 1 aromatic carbocycles. The molecule has 1 heterocycles. The largest absolute Gasteiger partial charge is 0.396 e. The second kappa shape index (κ2) is 5.51. The fraction of sp³-hybridized carbons (Fsp3) is 0.286. The number of carbonyl (C=O) groups excluding carboxylic acids is 1. The molecule has 1 unspecified atom stereocenters. The first-order valence-electron chi connectivity index (χ1n) is 6.32. The quantitative estimate of drug-likeness (QED) is 0.943. The maximum Gasteiger partial charge on any atom is 0.276 e. The number of nitrogens with two attached hydrogens (primary N) is 1. The first-order valence-corrected chi connectivity index (χ1v) is 6.32. The van der Waals surface area contributed by atoms with E-state index < -0.39 is 23.6 Å². The van der Waals surface area contributed by atoms with Crippen molar-refractivity contribution in [3.05, 3.63) is 47.3 Å². The van der Waals surface area contributed by atoms with Gasteiger partial charge in [-0.05, 0) is 25.1 Å². The van der Waals surface area contributed by atoms with Gasteiger partial charge in [-0.2, -0.15) is 5.10 Å². The maximum absolute atomic E-state index is 13.8. The van der Waals surface area contributed by atoms with Gasteiger partial charge in [-0.1, -0.05) is 0 Å². The number of halogens is 2. The first kappa shape index (κ1) is 15.0. The molecule has 5 nitrogen and oxygen atoms in total. The third-order valence-electron chi connectivity index (χ3n) is 3.37. The van der Waals surface area contributed by atoms with Gasteiger partial charge in [0.2, 0.25) is 0 Å². The summed E-state index contributed by atoms with van der Waals surface area (Å²) in [5.74, 6) is -1.58. The number of benzene rings is 1. The van der Waals surface area contributed by atoms with Crippen LogP contribution in [0.4, 0.5) is 14.5 Å². The zero-order valence-corrected chi connectivity index (χ0v) is 12.0. The van der Waals surface area contributed by atoms with Crippen LogP contribution in [0, 0.1) is 11.6 Å². The Balaban J connectivity index is 2.30. The Morgan fingerprint density at radius 3 is 2.67 bits per heavy atom. The van der Waals surface area contributed by atoms with Gasteiger partial charge < -0.3 is 10.6 Å². The van der Waals surface area contributed by atoms with Crippen LogP contribution in [0.25, 0.3) is 0 Å². The van der Waals surface area contributed by atoms with E-state index in [1.165, 1.54) is 22.8 Å². The zero-order valence-electron chi connectivity index (χ0n) is 12.0. The number of amides is 1. The van der Waals surface area contributed by atoms with Crippen LogP contribution >= 0.6 is 0 Å². The normalized spacial score (nSPS) is 12.2. The van der Waals surface area contributed by atoms with E-state index in [1.54, 1.807) is 14.0 Å². The molecule has 1 amide bonds. The van der Waals surface area contributed by atoms with E-state index >= 15 is 0 Å². The third kappa shape index (κ3) is 2.86. The smallest absolute Gasteiger partial charge is 0.276 e. The summed E-state index contributed by atoms with van der Waals surface area (Å²) in [5.41, 5.74) is 6.13. The van der Waals surface area contributed by atoms with E-state index in [4.69, 9.17) is 5.73 Å². The van der Waals surface area contributed by atoms with Gasteiger partial charge in [0.25, 0.3) is 5.91 Å². The van der Waals surface area contributed by atoms with Gasteiger partial charge in [0.05, 0.1) is 11.7 Å². The molecule has 2 aromatic rings. The Labute approximate surface area is 121 Å².